The summed E-state index contributed by atoms with van der Waals surface area (Å²) in [6.45, 7) is 0.720. The molecule has 1 aliphatic carbocycles. The minimum absolute atomic E-state index is 0.0148. The van der Waals surface area contributed by atoms with Crippen LogP contribution in [0.25, 0.3) is 11.3 Å². The van der Waals surface area contributed by atoms with Crippen LogP contribution in [0.5, 0.6) is 0 Å². The van der Waals surface area contributed by atoms with Crippen LogP contribution in [-0.2, 0) is 13.6 Å². The first-order valence-electron chi connectivity index (χ1n) is 12.9. The Labute approximate surface area is 210 Å². The van der Waals surface area contributed by atoms with Crippen LogP contribution in [0.3, 0.4) is 0 Å². The van der Waals surface area contributed by atoms with Gasteiger partial charge in [0, 0.05) is 37.5 Å². The van der Waals surface area contributed by atoms with Gasteiger partial charge in [-0.25, -0.2) is 0 Å². The van der Waals surface area contributed by atoms with Gasteiger partial charge in [0.2, 0.25) is 0 Å². The van der Waals surface area contributed by atoms with E-state index in [1.165, 1.54) is 24.2 Å². The summed E-state index contributed by atoms with van der Waals surface area (Å²) in [5.41, 5.74) is 4.61. The lowest BCUT2D eigenvalue weighted by Crippen LogP contribution is -2.47. The molecule has 7 nitrogen and oxygen atoms in total. The highest BCUT2D eigenvalue weighted by Gasteiger charge is 2.41. The third-order valence-corrected chi connectivity index (χ3v) is 8.10. The fraction of sp³-hybridized carbons (Fsp3) is 0.379. The van der Waals surface area contributed by atoms with E-state index in [1.54, 1.807) is 30.5 Å². The van der Waals surface area contributed by atoms with E-state index in [-0.39, 0.29) is 30.3 Å². The molecule has 3 aliphatic rings. The number of aryl methyl sites for hydroxylation is 1. The number of carbonyl (C=O) groups is 3. The molecule has 1 saturated carbocycles. The van der Waals surface area contributed by atoms with Gasteiger partial charge in [0.25, 0.3) is 17.7 Å². The van der Waals surface area contributed by atoms with E-state index in [2.05, 4.69) is 11.2 Å². The van der Waals surface area contributed by atoms with Crippen LogP contribution in [-0.4, -0.2) is 49.9 Å². The molecule has 1 aromatic heterocycles. The van der Waals surface area contributed by atoms with Gasteiger partial charge >= 0.3 is 0 Å². The Hall–Kier alpha value is -3.74. The second kappa shape index (κ2) is 9.04. The van der Waals surface area contributed by atoms with Crippen LogP contribution in [0.2, 0.25) is 0 Å². The average molecular weight is 483 g/mol. The highest BCUT2D eigenvalue weighted by atomic mass is 16.2. The molecular weight excluding hydrogens is 452 g/mol. The molecule has 0 unspecified atom stereocenters. The maximum absolute atomic E-state index is 13.6. The lowest BCUT2D eigenvalue weighted by atomic mass is 9.84. The van der Waals surface area contributed by atoms with Gasteiger partial charge in [0.1, 0.15) is 0 Å². The maximum atomic E-state index is 13.6. The van der Waals surface area contributed by atoms with Gasteiger partial charge in [0.15, 0.2) is 0 Å². The Morgan fingerprint density at radius 2 is 1.61 bits per heavy atom. The predicted molar refractivity (Wildman–Crippen MR) is 135 cm³/mol. The fourth-order valence-electron chi connectivity index (χ4n) is 6.18. The number of nitrogens with zero attached hydrogens (tertiary/aromatic N) is 4. The molecule has 7 heteroatoms. The van der Waals surface area contributed by atoms with Crippen LogP contribution in [0.1, 0.15) is 75.2 Å². The van der Waals surface area contributed by atoms with Gasteiger partial charge in [-0.3, -0.25) is 24.0 Å². The molecule has 2 aliphatic heterocycles. The molecule has 0 radical (unpaired) electrons. The number of fused-ring (bicyclic) bond motifs is 2. The van der Waals surface area contributed by atoms with Crippen molar-refractivity contribution in [2.24, 2.45) is 13.0 Å². The van der Waals surface area contributed by atoms with Crippen molar-refractivity contribution >= 4 is 17.7 Å². The van der Waals surface area contributed by atoms with Gasteiger partial charge in [-0.2, -0.15) is 5.10 Å². The molecule has 0 N–H and O–H groups in total. The molecule has 0 spiro atoms. The topological polar surface area (TPSA) is 75.5 Å². The van der Waals surface area contributed by atoms with Gasteiger partial charge in [-0.15, -0.1) is 0 Å². The molecule has 1 fully saturated rings. The summed E-state index contributed by atoms with van der Waals surface area (Å²) in [5.74, 6) is -0.0294. The first-order valence-corrected chi connectivity index (χ1v) is 12.9. The number of aromatic nitrogens is 2. The highest BCUT2D eigenvalue weighted by molar-refractivity contribution is 6.21. The van der Waals surface area contributed by atoms with E-state index in [0.717, 1.165) is 36.1 Å². The number of imide groups is 1. The maximum Gasteiger partial charge on any atom is 0.261 e. The van der Waals surface area contributed by atoms with Crippen molar-refractivity contribution in [2.45, 2.75) is 51.1 Å². The zero-order valence-corrected chi connectivity index (χ0v) is 20.5. The third kappa shape index (κ3) is 3.83. The van der Waals surface area contributed by atoms with Gasteiger partial charge < -0.3 is 4.90 Å². The van der Waals surface area contributed by atoms with Crippen molar-refractivity contribution in [3.63, 3.8) is 0 Å². The highest BCUT2D eigenvalue weighted by Crippen LogP contribution is 2.35. The van der Waals surface area contributed by atoms with Gasteiger partial charge in [0.05, 0.1) is 22.9 Å². The number of carbonyl (C=O) groups excluding carboxylic acids is 3. The van der Waals surface area contributed by atoms with E-state index in [9.17, 15) is 14.4 Å². The molecule has 3 amide bonds. The molecule has 3 heterocycles. The van der Waals surface area contributed by atoms with E-state index in [0.29, 0.717) is 29.2 Å². The minimum atomic E-state index is -0.258. The van der Waals surface area contributed by atoms with Crippen LogP contribution < -0.4 is 0 Å². The number of hydrogen-bond acceptors (Lipinski definition) is 4. The van der Waals surface area contributed by atoms with E-state index < -0.39 is 0 Å². The van der Waals surface area contributed by atoms with Crippen LogP contribution in [0.4, 0.5) is 0 Å². The monoisotopic (exact) mass is 482 g/mol. The van der Waals surface area contributed by atoms with Gasteiger partial charge in [-0.1, -0.05) is 50.3 Å². The van der Waals surface area contributed by atoms with Crippen LogP contribution in [0, 0.1) is 5.92 Å². The Kier molecular flexibility index (Phi) is 5.70. The standard InChI is InChI=1S/C29H30N4O3/c1-31-26(13-14-30-31)20-11-12-23-21(16-20)17-32(27(23)34)22(15-19-7-3-2-4-8-19)18-33-28(35)24-9-5-6-10-25(24)29(33)36/h5-6,9-14,16,19,22H,2-4,7-8,15,17-18H2,1H3/t22-/m0/s1. The summed E-state index contributed by atoms with van der Waals surface area (Å²) in [6.07, 6.45) is 8.50. The molecular formula is C29H30N4O3. The lowest BCUT2D eigenvalue weighted by molar-refractivity contribution is 0.0493. The van der Waals surface area contributed by atoms with Crippen LogP contribution >= 0.6 is 0 Å². The normalized spacial score (nSPS) is 18.6. The summed E-state index contributed by atoms with van der Waals surface area (Å²) >= 11 is 0. The largest absolute Gasteiger partial charge is 0.329 e. The molecule has 2 aromatic carbocycles. The summed E-state index contributed by atoms with van der Waals surface area (Å²) < 4.78 is 1.82. The molecule has 3 aromatic rings. The molecule has 0 saturated heterocycles. The summed E-state index contributed by atoms with van der Waals surface area (Å²) in [7, 11) is 1.91. The van der Waals surface area contributed by atoms with Crippen molar-refractivity contribution in [2.75, 3.05) is 6.54 Å². The number of hydrogen-bond donors (Lipinski definition) is 0. The van der Waals surface area contributed by atoms with Crippen LogP contribution in [0.15, 0.2) is 54.7 Å². The first-order chi connectivity index (χ1) is 17.5. The Bertz CT molecular complexity index is 1320. The summed E-state index contributed by atoms with van der Waals surface area (Å²) in [5, 5.41) is 4.27. The number of amides is 3. The summed E-state index contributed by atoms with van der Waals surface area (Å²) in [6, 6.07) is 14.7. The van der Waals surface area contributed by atoms with Crippen molar-refractivity contribution in [1.82, 2.24) is 19.6 Å². The van der Waals surface area contributed by atoms with Gasteiger partial charge in [-0.05, 0) is 48.2 Å². The zero-order chi connectivity index (χ0) is 24.8. The molecule has 6 rings (SSSR count). The Balaban J connectivity index is 1.29. The third-order valence-electron chi connectivity index (χ3n) is 8.10. The number of benzene rings is 2. The Morgan fingerprint density at radius 3 is 2.28 bits per heavy atom. The lowest BCUT2D eigenvalue weighted by Gasteiger charge is -2.34. The zero-order valence-electron chi connectivity index (χ0n) is 20.5. The molecule has 1 atom stereocenters. The molecule has 184 valence electrons. The predicted octanol–water partition coefficient (Wildman–Crippen LogP) is 4.68. The SMILES string of the molecule is Cn1nccc1-c1ccc2c(c1)CN([C@@H](CC1CCCCC1)CN1C(=O)c3ccccc3C1=O)C2=O. The molecule has 36 heavy (non-hydrogen) atoms. The second-order valence-corrected chi connectivity index (χ2v) is 10.3. The van der Waals surface area contributed by atoms with E-state index in [4.69, 9.17) is 0 Å². The smallest absolute Gasteiger partial charge is 0.261 e. The Morgan fingerprint density at radius 1 is 0.889 bits per heavy atom. The van der Waals surface area contributed by atoms with E-state index >= 15 is 0 Å². The molecule has 0 bridgehead atoms. The summed E-state index contributed by atoms with van der Waals surface area (Å²) in [4.78, 5) is 43.2. The van der Waals surface area contributed by atoms with Crippen molar-refractivity contribution in [3.8, 4) is 11.3 Å². The first kappa shape index (κ1) is 22.7. The average Bonchev–Trinajstić information content (AvgIpc) is 3.55. The van der Waals surface area contributed by atoms with Crippen molar-refractivity contribution < 1.29 is 14.4 Å². The van der Waals surface area contributed by atoms with Crippen molar-refractivity contribution in [1.29, 1.82) is 0 Å². The minimum Gasteiger partial charge on any atom is -0.329 e. The second-order valence-electron chi connectivity index (χ2n) is 10.3. The fourth-order valence-corrected chi connectivity index (χ4v) is 6.18. The quantitative estimate of drug-likeness (QED) is 0.478. The number of rotatable bonds is 6. The van der Waals surface area contributed by atoms with Crippen molar-refractivity contribution in [3.05, 3.63) is 77.0 Å². The van der Waals surface area contributed by atoms with E-state index in [1.807, 2.05) is 34.8 Å².